The highest BCUT2D eigenvalue weighted by Gasteiger charge is 2.06. The summed E-state index contributed by atoms with van der Waals surface area (Å²) < 4.78 is 8.60. The van der Waals surface area contributed by atoms with E-state index in [-0.39, 0.29) is 5.56 Å². The van der Waals surface area contributed by atoms with Crippen LogP contribution in [0.15, 0.2) is 47.7 Å². The van der Waals surface area contributed by atoms with E-state index >= 15 is 0 Å². The van der Waals surface area contributed by atoms with Crippen molar-refractivity contribution in [3.05, 3.63) is 64.6 Å². The van der Waals surface area contributed by atoms with Gasteiger partial charge in [-0.3, -0.25) is 9.20 Å². The Kier molecular flexibility index (Phi) is 3.02. The van der Waals surface area contributed by atoms with Crippen molar-refractivity contribution in [1.82, 2.24) is 14.0 Å². The summed E-state index contributed by atoms with van der Waals surface area (Å²) in [6.07, 6.45) is 5.26. The molecule has 0 saturated heterocycles. The van der Waals surface area contributed by atoms with Crippen molar-refractivity contribution >= 4 is 5.52 Å². The van der Waals surface area contributed by atoms with Gasteiger partial charge in [0.2, 0.25) is 0 Å². The predicted octanol–water partition coefficient (Wildman–Crippen LogP) is 1.86. The van der Waals surface area contributed by atoms with Crippen molar-refractivity contribution in [3.8, 4) is 5.75 Å². The summed E-state index contributed by atoms with van der Waals surface area (Å²) in [4.78, 5) is 16.5. The van der Waals surface area contributed by atoms with Gasteiger partial charge >= 0.3 is 0 Å². The Labute approximate surface area is 116 Å². The summed E-state index contributed by atoms with van der Waals surface area (Å²) in [7, 11) is 1.63. The number of hydrogen-bond donors (Lipinski definition) is 0. The van der Waals surface area contributed by atoms with Crippen molar-refractivity contribution in [3.63, 3.8) is 0 Å². The molecule has 1 aromatic carbocycles. The first-order valence-electron chi connectivity index (χ1n) is 6.35. The summed E-state index contributed by atoms with van der Waals surface area (Å²) in [5.41, 5.74) is 1.61. The molecular weight excluding hydrogens is 254 g/mol. The summed E-state index contributed by atoms with van der Waals surface area (Å²) in [5.74, 6) is 1.62. The van der Waals surface area contributed by atoms with Gasteiger partial charge < -0.3 is 9.30 Å². The van der Waals surface area contributed by atoms with Gasteiger partial charge in [0.1, 0.15) is 17.1 Å². The summed E-state index contributed by atoms with van der Waals surface area (Å²) in [6, 6.07) is 7.69. The van der Waals surface area contributed by atoms with Gasteiger partial charge in [-0.05, 0) is 24.6 Å². The Morgan fingerprint density at radius 2 is 1.95 bits per heavy atom. The third kappa shape index (κ3) is 2.07. The number of benzene rings is 1. The van der Waals surface area contributed by atoms with Crippen LogP contribution in [0, 0.1) is 6.92 Å². The van der Waals surface area contributed by atoms with Crippen LogP contribution in [0.4, 0.5) is 0 Å². The molecule has 20 heavy (non-hydrogen) atoms. The normalized spacial score (nSPS) is 10.9. The minimum atomic E-state index is -0.0380. The second-order valence-electron chi connectivity index (χ2n) is 4.64. The monoisotopic (exact) mass is 269 g/mol. The number of aryl methyl sites for hydroxylation is 1. The molecule has 0 aliphatic heterocycles. The molecule has 3 rings (SSSR count). The number of hydrogen-bond acceptors (Lipinski definition) is 3. The van der Waals surface area contributed by atoms with Gasteiger partial charge in [-0.1, -0.05) is 12.1 Å². The average Bonchev–Trinajstić information content (AvgIpc) is 2.85. The predicted molar refractivity (Wildman–Crippen MR) is 76.3 cm³/mol. The highest BCUT2D eigenvalue weighted by atomic mass is 16.5. The van der Waals surface area contributed by atoms with E-state index in [0.717, 1.165) is 17.1 Å². The van der Waals surface area contributed by atoms with E-state index in [2.05, 4.69) is 4.98 Å². The number of imidazole rings is 1. The van der Waals surface area contributed by atoms with Crippen LogP contribution in [-0.4, -0.2) is 21.1 Å². The van der Waals surface area contributed by atoms with Gasteiger partial charge in [0.15, 0.2) is 0 Å². The Morgan fingerprint density at radius 1 is 1.20 bits per heavy atom. The van der Waals surface area contributed by atoms with Crippen molar-refractivity contribution in [1.29, 1.82) is 0 Å². The van der Waals surface area contributed by atoms with Crippen LogP contribution in [0.5, 0.6) is 5.75 Å². The lowest BCUT2D eigenvalue weighted by Gasteiger charge is -2.07. The number of fused-ring (bicyclic) bond motifs is 1. The van der Waals surface area contributed by atoms with Crippen molar-refractivity contribution in [2.24, 2.45) is 0 Å². The molecule has 2 heterocycles. The molecule has 102 valence electrons. The quantitative estimate of drug-likeness (QED) is 0.729. The molecule has 0 aliphatic carbocycles. The highest BCUT2D eigenvalue weighted by molar-refractivity contribution is 5.43. The third-order valence-electron chi connectivity index (χ3n) is 3.37. The topological polar surface area (TPSA) is 48.5 Å². The molecule has 0 atom stereocenters. The molecule has 0 fully saturated rings. The first kappa shape index (κ1) is 12.5. The Balaban J connectivity index is 1.97. The number of ether oxygens (including phenoxy) is 1. The average molecular weight is 269 g/mol. The number of rotatable bonds is 3. The summed E-state index contributed by atoms with van der Waals surface area (Å²) in [5, 5.41) is 0. The fourth-order valence-corrected chi connectivity index (χ4v) is 2.21. The third-order valence-corrected chi connectivity index (χ3v) is 3.37. The standard InChI is InChI=1S/C15H15N3O2/c1-11-16-9-14-15(19)17(7-8-18(11)14)10-12-3-5-13(20-2)6-4-12/h3-9H,10H2,1-2H3. The maximum Gasteiger partial charge on any atom is 0.276 e. The van der Waals surface area contributed by atoms with Crippen LogP contribution in [0.25, 0.3) is 5.52 Å². The van der Waals surface area contributed by atoms with Gasteiger partial charge in [0.25, 0.3) is 5.56 Å². The van der Waals surface area contributed by atoms with E-state index in [0.29, 0.717) is 12.1 Å². The molecule has 0 spiro atoms. The second kappa shape index (κ2) is 4.85. The second-order valence-corrected chi connectivity index (χ2v) is 4.64. The van der Waals surface area contributed by atoms with E-state index in [9.17, 15) is 4.79 Å². The first-order valence-corrected chi connectivity index (χ1v) is 6.35. The molecular formula is C15H15N3O2. The van der Waals surface area contributed by atoms with E-state index in [1.54, 1.807) is 28.5 Å². The minimum Gasteiger partial charge on any atom is -0.497 e. The van der Waals surface area contributed by atoms with E-state index < -0.39 is 0 Å². The largest absolute Gasteiger partial charge is 0.497 e. The Hall–Kier alpha value is -2.56. The minimum absolute atomic E-state index is 0.0380. The molecule has 5 heteroatoms. The first-order chi connectivity index (χ1) is 9.69. The summed E-state index contributed by atoms with van der Waals surface area (Å²) >= 11 is 0. The lowest BCUT2D eigenvalue weighted by atomic mass is 10.2. The SMILES string of the molecule is COc1ccc(Cn2ccn3c(C)ncc3c2=O)cc1. The molecule has 0 saturated carbocycles. The van der Waals surface area contributed by atoms with E-state index in [4.69, 9.17) is 4.74 Å². The van der Waals surface area contributed by atoms with Crippen molar-refractivity contribution in [2.45, 2.75) is 13.5 Å². The number of methoxy groups -OCH3 is 1. The number of nitrogens with zero attached hydrogens (tertiary/aromatic N) is 3. The summed E-state index contributed by atoms with van der Waals surface area (Å²) in [6.45, 7) is 2.41. The molecule has 0 unspecified atom stereocenters. The number of aromatic nitrogens is 3. The van der Waals surface area contributed by atoms with Crippen LogP contribution in [0.1, 0.15) is 11.4 Å². The van der Waals surface area contributed by atoms with Crippen LogP contribution in [0.3, 0.4) is 0 Å². The molecule has 5 nitrogen and oxygen atoms in total. The van der Waals surface area contributed by atoms with Crippen LogP contribution < -0.4 is 10.3 Å². The molecule has 0 radical (unpaired) electrons. The fourth-order valence-electron chi connectivity index (χ4n) is 2.21. The zero-order valence-electron chi connectivity index (χ0n) is 11.4. The van der Waals surface area contributed by atoms with Gasteiger partial charge in [-0.25, -0.2) is 4.98 Å². The maximum atomic E-state index is 12.3. The molecule has 0 amide bonds. The van der Waals surface area contributed by atoms with E-state index in [1.165, 1.54) is 0 Å². The molecule has 3 aromatic rings. The zero-order chi connectivity index (χ0) is 14.1. The maximum absolute atomic E-state index is 12.3. The van der Waals surface area contributed by atoms with Crippen molar-refractivity contribution in [2.75, 3.05) is 7.11 Å². The van der Waals surface area contributed by atoms with Crippen LogP contribution in [0.2, 0.25) is 0 Å². The Morgan fingerprint density at radius 3 is 2.65 bits per heavy atom. The smallest absolute Gasteiger partial charge is 0.276 e. The lowest BCUT2D eigenvalue weighted by molar-refractivity contribution is 0.414. The fraction of sp³-hybridized carbons (Fsp3) is 0.200. The van der Waals surface area contributed by atoms with Crippen LogP contribution >= 0.6 is 0 Å². The van der Waals surface area contributed by atoms with Crippen molar-refractivity contribution < 1.29 is 4.74 Å². The lowest BCUT2D eigenvalue weighted by Crippen LogP contribution is -2.21. The van der Waals surface area contributed by atoms with Gasteiger partial charge in [0, 0.05) is 12.4 Å². The van der Waals surface area contributed by atoms with Gasteiger partial charge in [-0.15, -0.1) is 0 Å². The van der Waals surface area contributed by atoms with Gasteiger partial charge in [0.05, 0.1) is 19.9 Å². The molecule has 2 aromatic heterocycles. The highest BCUT2D eigenvalue weighted by Crippen LogP contribution is 2.12. The zero-order valence-corrected chi connectivity index (χ0v) is 11.4. The molecule has 0 aliphatic rings. The molecule has 0 bridgehead atoms. The van der Waals surface area contributed by atoms with Gasteiger partial charge in [-0.2, -0.15) is 0 Å². The van der Waals surface area contributed by atoms with Crippen LogP contribution in [-0.2, 0) is 6.54 Å². The Bertz CT molecular complexity index is 800. The molecule has 0 N–H and O–H groups in total. The van der Waals surface area contributed by atoms with E-state index in [1.807, 2.05) is 37.4 Å².